The Morgan fingerprint density at radius 2 is 0.480 bits per heavy atom. The lowest BCUT2D eigenvalue weighted by molar-refractivity contribution is -0.167. The summed E-state index contributed by atoms with van der Waals surface area (Å²) in [6, 6.07) is 0. The second-order valence-corrected chi connectivity index (χ2v) is 21.3. The van der Waals surface area contributed by atoms with Gasteiger partial charge in [-0.3, -0.25) is 14.4 Å². The highest BCUT2D eigenvalue weighted by atomic mass is 16.6. The lowest BCUT2D eigenvalue weighted by Crippen LogP contribution is -2.30. The van der Waals surface area contributed by atoms with Crippen molar-refractivity contribution in [3.05, 3.63) is 85.1 Å². The van der Waals surface area contributed by atoms with Crippen molar-refractivity contribution in [3.63, 3.8) is 0 Å². The van der Waals surface area contributed by atoms with E-state index in [1.165, 1.54) is 167 Å². The lowest BCUT2D eigenvalue weighted by atomic mass is 10.1. The molecule has 1 unspecified atom stereocenters. The van der Waals surface area contributed by atoms with Crippen molar-refractivity contribution >= 4 is 17.9 Å². The van der Waals surface area contributed by atoms with E-state index in [2.05, 4.69) is 106 Å². The van der Waals surface area contributed by atoms with E-state index in [1.807, 2.05) is 0 Å². The Balaban J connectivity index is 4.40. The first-order valence-electron chi connectivity index (χ1n) is 32.1. The number of allylic oxidation sites excluding steroid dienone is 14. The number of carbonyl (C=O) groups excluding carboxylic acids is 3. The Labute approximate surface area is 465 Å². The van der Waals surface area contributed by atoms with Crippen LogP contribution in [0.15, 0.2) is 85.1 Å². The van der Waals surface area contributed by atoms with Crippen LogP contribution in [0.1, 0.15) is 316 Å². The Bertz CT molecular complexity index is 1430. The third-order valence-electron chi connectivity index (χ3n) is 13.8. The van der Waals surface area contributed by atoms with Gasteiger partial charge in [0, 0.05) is 19.3 Å². The van der Waals surface area contributed by atoms with Crippen molar-refractivity contribution in [1.29, 1.82) is 0 Å². The first kappa shape index (κ1) is 71.6. The normalized spacial score (nSPS) is 12.6. The van der Waals surface area contributed by atoms with Gasteiger partial charge < -0.3 is 14.2 Å². The Morgan fingerprint density at radius 1 is 0.267 bits per heavy atom. The Morgan fingerprint density at radius 3 is 0.787 bits per heavy atom. The molecule has 0 N–H and O–H groups in total. The van der Waals surface area contributed by atoms with Gasteiger partial charge in [0.25, 0.3) is 0 Å². The van der Waals surface area contributed by atoms with Crippen molar-refractivity contribution in [1.82, 2.24) is 0 Å². The summed E-state index contributed by atoms with van der Waals surface area (Å²) in [5, 5.41) is 0. The molecular formula is C69H120O6. The molecule has 432 valence electrons. The van der Waals surface area contributed by atoms with E-state index in [-0.39, 0.29) is 31.1 Å². The minimum absolute atomic E-state index is 0.0879. The van der Waals surface area contributed by atoms with Crippen LogP contribution in [-0.4, -0.2) is 37.2 Å². The summed E-state index contributed by atoms with van der Waals surface area (Å²) in [6.07, 6.45) is 82.9. The molecule has 1 atom stereocenters. The summed E-state index contributed by atoms with van der Waals surface area (Å²) in [4.78, 5) is 38.3. The number of esters is 3. The molecule has 0 spiro atoms. The molecule has 0 aliphatic carbocycles. The molecule has 0 fully saturated rings. The van der Waals surface area contributed by atoms with Gasteiger partial charge in [0.1, 0.15) is 13.2 Å². The lowest BCUT2D eigenvalue weighted by Gasteiger charge is -2.18. The molecule has 0 amide bonds. The summed E-state index contributed by atoms with van der Waals surface area (Å²) in [7, 11) is 0. The predicted octanol–water partition coefficient (Wildman–Crippen LogP) is 21.9. The Kier molecular flexibility index (Phi) is 60.3. The van der Waals surface area contributed by atoms with Crippen molar-refractivity contribution in [3.8, 4) is 0 Å². The van der Waals surface area contributed by atoms with Crippen molar-refractivity contribution in [2.24, 2.45) is 0 Å². The highest BCUT2D eigenvalue weighted by molar-refractivity contribution is 5.71. The fourth-order valence-corrected chi connectivity index (χ4v) is 8.98. The average Bonchev–Trinajstić information content (AvgIpc) is 3.41. The standard InChI is InChI=1S/C69H120O6/c1-4-7-10-13-16-19-22-25-28-30-32-33-34-35-37-38-41-44-47-50-53-56-59-62-68(71)74-65-66(64-73-67(70)61-58-55-52-49-46-43-40-27-24-21-18-15-12-9-6-3)75-69(72)63-60-57-54-51-48-45-42-39-36-31-29-26-23-20-17-14-11-8-5-2/h17,20,22,25-27,29-30,32,34-36,39-40,66H,4-16,18-19,21,23-24,28,31,33,37-38,41-65H2,1-3H3/b20-17-,25-22-,29-26-,32-30-,35-34-,39-36-,40-27-. The monoisotopic (exact) mass is 1040 g/mol. The maximum absolute atomic E-state index is 12.9. The minimum atomic E-state index is -0.792. The van der Waals surface area contributed by atoms with Crippen LogP contribution in [0.4, 0.5) is 0 Å². The smallest absolute Gasteiger partial charge is 0.306 e. The van der Waals surface area contributed by atoms with Gasteiger partial charge in [0.2, 0.25) is 0 Å². The van der Waals surface area contributed by atoms with Crippen LogP contribution in [0.25, 0.3) is 0 Å². The topological polar surface area (TPSA) is 78.9 Å². The highest BCUT2D eigenvalue weighted by Gasteiger charge is 2.19. The summed E-state index contributed by atoms with van der Waals surface area (Å²) in [6.45, 7) is 6.60. The van der Waals surface area contributed by atoms with E-state index in [0.717, 1.165) is 109 Å². The van der Waals surface area contributed by atoms with E-state index >= 15 is 0 Å². The molecule has 75 heavy (non-hydrogen) atoms. The second-order valence-electron chi connectivity index (χ2n) is 21.3. The maximum Gasteiger partial charge on any atom is 0.306 e. The van der Waals surface area contributed by atoms with Gasteiger partial charge in [-0.15, -0.1) is 0 Å². The first-order valence-corrected chi connectivity index (χ1v) is 32.1. The van der Waals surface area contributed by atoms with Crippen LogP contribution in [0.5, 0.6) is 0 Å². The zero-order valence-electron chi connectivity index (χ0n) is 49.6. The van der Waals surface area contributed by atoms with Gasteiger partial charge in [0.15, 0.2) is 6.10 Å². The molecule has 0 aromatic rings. The molecule has 0 aliphatic heterocycles. The summed E-state index contributed by atoms with van der Waals surface area (Å²) >= 11 is 0. The second kappa shape index (κ2) is 63.1. The highest BCUT2D eigenvalue weighted by Crippen LogP contribution is 2.15. The quantitative estimate of drug-likeness (QED) is 0.0261. The Hall–Kier alpha value is -3.41. The van der Waals surface area contributed by atoms with Crippen LogP contribution in [0.3, 0.4) is 0 Å². The number of unbranched alkanes of at least 4 members (excludes halogenated alkanes) is 33. The molecule has 0 aromatic carbocycles. The SMILES string of the molecule is CCCCC/C=C\C/C=C\C/C=C\CCCCCCCCC(=O)OC(COC(=O)CCCCCCC/C=C\CCCCCCCC)COC(=O)CCCCCCCCCC/C=C\C/C=C\C/C=C\CCCCCCC. The van der Waals surface area contributed by atoms with Crippen molar-refractivity contribution in [2.45, 2.75) is 322 Å². The van der Waals surface area contributed by atoms with Gasteiger partial charge in [-0.1, -0.05) is 260 Å². The number of carbonyl (C=O) groups is 3. The molecule has 0 saturated heterocycles. The number of ether oxygens (including phenoxy) is 3. The number of hydrogen-bond acceptors (Lipinski definition) is 6. The molecule has 6 nitrogen and oxygen atoms in total. The molecule has 0 aliphatic rings. The fourth-order valence-electron chi connectivity index (χ4n) is 8.98. The third-order valence-corrected chi connectivity index (χ3v) is 13.8. The largest absolute Gasteiger partial charge is 0.462 e. The van der Waals surface area contributed by atoms with Gasteiger partial charge in [-0.25, -0.2) is 0 Å². The molecule has 0 bridgehead atoms. The molecule has 0 rings (SSSR count). The van der Waals surface area contributed by atoms with E-state index in [9.17, 15) is 14.4 Å². The van der Waals surface area contributed by atoms with Gasteiger partial charge >= 0.3 is 17.9 Å². The van der Waals surface area contributed by atoms with Crippen molar-refractivity contribution < 1.29 is 28.6 Å². The predicted molar refractivity (Wildman–Crippen MR) is 325 cm³/mol. The van der Waals surface area contributed by atoms with E-state index < -0.39 is 6.10 Å². The summed E-state index contributed by atoms with van der Waals surface area (Å²) in [5.74, 6) is -0.905. The fraction of sp³-hybridized carbons (Fsp3) is 0.754. The zero-order valence-corrected chi connectivity index (χ0v) is 49.6. The van der Waals surface area contributed by atoms with E-state index in [1.54, 1.807) is 0 Å². The van der Waals surface area contributed by atoms with Gasteiger partial charge in [-0.05, 0) is 122 Å². The maximum atomic E-state index is 12.9. The van der Waals surface area contributed by atoms with Gasteiger partial charge in [0.05, 0.1) is 0 Å². The molecule has 0 radical (unpaired) electrons. The molecule has 0 heterocycles. The summed E-state index contributed by atoms with van der Waals surface area (Å²) in [5.41, 5.74) is 0. The van der Waals surface area contributed by atoms with Gasteiger partial charge in [-0.2, -0.15) is 0 Å². The van der Waals surface area contributed by atoms with Crippen LogP contribution in [0.2, 0.25) is 0 Å². The average molecular weight is 1050 g/mol. The summed E-state index contributed by atoms with van der Waals surface area (Å²) < 4.78 is 16.9. The number of hydrogen-bond donors (Lipinski definition) is 0. The third kappa shape index (κ3) is 61.3. The molecule has 6 heteroatoms. The number of rotatable bonds is 58. The molecule has 0 aromatic heterocycles. The van der Waals surface area contributed by atoms with Crippen LogP contribution < -0.4 is 0 Å². The molecule has 0 saturated carbocycles. The van der Waals surface area contributed by atoms with Crippen molar-refractivity contribution in [2.75, 3.05) is 13.2 Å². The van der Waals surface area contributed by atoms with Crippen LogP contribution in [0, 0.1) is 0 Å². The first-order chi connectivity index (χ1) is 37.0. The minimum Gasteiger partial charge on any atom is -0.462 e. The van der Waals surface area contributed by atoms with Crippen LogP contribution in [-0.2, 0) is 28.6 Å². The van der Waals surface area contributed by atoms with Crippen LogP contribution >= 0.6 is 0 Å². The molecular weight excluding hydrogens is 925 g/mol. The van der Waals surface area contributed by atoms with E-state index in [0.29, 0.717) is 19.3 Å². The zero-order chi connectivity index (χ0) is 54.3. The van der Waals surface area contributed by atoms with E-state index in [4.69, 9.17) is 14.2 Å².